The second kappa shape index (κ2) is 5.21. The van der Waals surface area contributed by atoms with Gasteiger partial charge in [-0.2, -0.15) is 0 Å². The quantitative estimate of drug-likeness (QED) is 0.806. The van der Waals surface area contributed by atoms with Gasteiger partial charge < -0.3 is 10.1 Å². The van der Waals surface area contributed by atoms with Gasteiger partial charge in [0.15, 0.2) is 0 Å². The van der Waals surface area contributed by atoms with Crippen molar-refractivity contribution in [3.8, 4) is 0 Å². The van der Waals surface area contributed by atoms with Gasteiger partial charge in [0.05, 0.1) is 0 Å². The van der Waals surface area contributed by atoms with Gasteiger partial charge in [0, 0.05) is 16.9 Å². The van der Waals surface area contributed by atoms with Gasteiger partial charge in [-0.15, -0.1) is 0 Å². The standard InChI is InChI=1S/C13H13FN2O4S/c1-7-11(13(17)18)15-8(2)12(7)21(19,20)16-10-5-3-9(14)4-6-10/h3-6,15-16H,1-2H3,(H,17,18). The number of H-pyrrole nitrogens is 1. The Morgan fingerprint density at radius 3 is 2.29 bits per heavy atom. The number of hydrogen-bond acceptors (Lipinski definition) is 3. The minimum absolute atomic E-state index is 0.120. The fourth-order valence-electron chi connectivity index (χ4n) is 2.07. The summed E-state index contributed by atoms with van der Waals surface area (Å²) < 4.78 is 39.8. The lowest BCUT2D eigenvalue weighted by molar-refractivity contribution is 0.0690. The van der Waals surface area contributed by atoms with E-state index in [9.17, 15) is 17.6 Å². The van der Waals surface area contributed by atoms with Crippen molar-refractivity contribution in [2.24, 2.45) is 0 Å². The number of aryl methyl sites for hydroxylation is 1. The minimum Gasteiger partial charge on any atom is -0.477 e. The van der Waals surface area contributed by atoms with E-state index in [0.717, 1.165) is 12.1 Å². The number of carbonyl (C=O) groups is 1. The molecule has 2 aromatic rings. The molecule has 0 atom stereocenters. The van der Waals surface area contributed by atoms with E-state index in [1.54, 1.807) is 0 Å². The van der Waals surface area contributed by atoms with Gasteiger partial charge in [0.2, 0.25) is 0 Å². The predicted octanol–water partition coefficient (Wildman–Crippen LogP) is 2.27. The topological polar surface area (TPSA) is 99.3 Å². The van der Waals surface area contributed by atoms with Gasteiger partial charge >= 0.3 is 5.97 Å². The molecule has 0 unspecified atom stereocenters. The number of hydrogen-bond donors (Lipinski definition) is 3. The summed E-state index contributed by atoms with van der Waals surface area (Å²) in [5.74, 6) is -1.72. The van der Waals surface area contributed by atoms with E-state index in [4.69, 9.17) is 5.11 Å². The minimum atomic E-state index is -3.97. The molecule has 1 aromatic heterocycles. The average Bonchev–Trinajstić information content (AvgIpc) is 2.68. The molecule has 6 nitrogen and oxygen atoms in total. The molecule has 0 amide bonds. The molecular formula is C13H13FN2O4S. The predicted molar refractivity (Wildman–Crippen MR) is 74.4 cm³/mol. The fraction of sp³-hybridized carbons (Fsp3) is 0.154. The van der Waals surface area contributed by atoms with Gasteiger partial charge in [-0.25, -0.2) is 17.6 Å². The van der Waals surface area contributed by atoms with E-state index >= 15 is 0 Å². The van der Waals surface area contributed by atoms with Crippen molar-refractivity contribution in [2.45, 2.75) is 18.7 Å². The number of halogens is 1. The van der Waals surface area contributed by atoms with E-state index in [2.05, 4.69) is 9.71 Å². The van der Waals surface area contributed by atoms with E-state index in [1.165, 1.54) is 26.0 Å². The van der Waals surface area contributed by atoms with Crippen molar-refractivity contribution < 1.29 is 22.7 Å². The highest BCUT2D eigenvalue weighted by atomic mass is 32.2. The van der Waals surface area contributed by atoms with Crippen molar-refractivity contribution in [1.29, 1.82) is 0 Å². The summed E-state index contributed by atoms with van der Waals surface area (Å²) in [7, 11) is -3.97. The summed E-state index contributed by atoms with van der Waals surface area (Å²) in [6.07, 6.45) is 0. The summed E-state index contributed by atoms with van der Waals surface area (Å²) in [6, 6.07) is 4.80. The first-order chi connectivity index (χ1) is 9.72. The van der Waals surface area contributed by atoms with Gasteiger partial charge in [-0.3, -0.25) is 4.72 Å². The molecule has 0 aliphatic rings. The van der Waals surface area contributed by atoms with Crippen molar-refractivity contribution in [1.82, 2.24) is 4.98 Å². The molecule has 0 bridgehead atoms. The third-order valence-electron chi connectivity index (χ3n) is 2.95. The molecule has 1 heterocycles. The maximum absolute atomic E-state index is 12.8. The number of aromatic carboxylic acids is 1. The first-order valence-electron chi connectivity index (χ1n) is 5.93. The Morgan fingerprint density at radius 2 is 1.81 bits per heavy atom. The lowest BCUT2D eigenvalue weighted by atomic mass is 10.2. The normalized spacial score (nSPS) is 11.4. The highest BCUT2D eigenvalue weighted by molar-refractivity contribution is 7.92. The zero-order valence-electron chi connectivity index (χ0n) is 11.3. The van der Waals surface area contributed by atoms with Crippen LogP contribution in [0.2, 0.25) is 0 Å². The number of rotatable bonds is 4. The molecule has 8 heteroatoms. The lowest BCUT2D eigenvalue weighted by Gasteiger charge is -2.08. The molecule has 0 saturated carbocycles. The Hall–Kier alpha value is -2.35. The smallest absolute Gasteiger partial charge is 0.352 e. The van der Waals surface area contributed by atoms with Crippen LogP contribution >= 0.6 is 0 Å². The Bertz CT molecular complexity index is 794. The van der Waals surface area contributed by atoms with Crippen LogP contribution in [0.25, 0.3) is 0 Å². The fourth-order valence-corrected chi connectivity index (χ4v) is 3.58. The van der Waals surface area contributed by atoms with Crippen LogP contribution in [-0.4, -0.2) is 24.5 Å². The first-order valence-corrected chi connectivity index (χ1v) is 7.41. The first kappa shape index (κ1) is 15.0. The highest BCUT2D eigenvalue weighted by Gasteiger charge is 2.26. The molecule has 3 N–H and O–H groups in total. The lowest BCUT2D eigenvalue weighted by Crippen LogP contribution is -2.14. The van der Waals surface area contributed by atoms with Crippen molar-refractivity contribution in [3.05, 3.63) is 47.0 Å². The van der Waals surface area contributed by atoms with Crippen LogP contribution in [0, 0.1) is 19.7 Å². The summed E-state index contributed by atoms with van der Waals surface area (Å²) in [5, 5.41) is 9.00. The van der Waals surface area contributed by atoms with Crippen LogP contribution in [0.1, 0.15) is 21.7 Å². The van der Waals surface area contributed by atoms with Crippen LogP contribution in [0.15, 0.2) is 29.2 Å². The summed E-state index contributed by atoms with van der Waals surface area (Å²) in [4.78, 5) is 13.4. The van der Waals surface area contributed by atoms with Crippen molar-refractivity contribution >= 4 is 21.7 Å². The number of benzene rings is 1. The number of nitrogens with one attached hydrogen (secondary N) is 2. The zero-order valence-corrected chi connectivity index (χ0v) is 12.1. The number of aromatic amines is 1. The Labute approximate surface area is 120 Å². The van der Waals surface area contributed by atoms with Crippen molar-refractivity contribution in [2.75, 3.05) is 4.72 Å². The van der Waals surface area contributed by atoms with E-state index < -0.39 is 21.8 Å². The summed E-state index contributed by atoms with van der Waals surface area (Å²) in [6.45, 7) is 2.88. The van der Waals surface area contributed by atoms with Crippen LogP contribution in [0.5, 0.6) is 0 Å². The Morgan fingerprint density at radius 1 is 1.24 bits per heavy atom. The van der Waals surface area contributed by atoms with E-state index in [0.29, 0.717) is 0 Å². The van der Waals surface area contributed by atoms with Gasteiger partial charge in [0.1, 0.15) is 16.4 Å². The average molecular weight is 312 g/mol. The number of aromatic nitrogens is 1. The molecular weight excluding hydrogens is 299 g/mol. The molecule has 0 radical (unpaired) electrons. The van der Waals surface area contributed by atoms with Gasteiger partial charge in [0.25, 0.3) is 10.0 Å². The SMILES string of the molecule is Cc1[nH]c(C(=O)O)c(C)c1S(=O)(=O)Nc1ccc(F)cc1. The second-order valence-corrected chi connectivity index (χ2v) is 6.12. The molecule has 0 aliphatic heterocycles. The van der Waals surface area contributed by atoms with E-state index in [-0.39, 0.29) is 27.5 Å². The Kier molecular flexibility index (Phi) is 3.73. The summed E-state index contributed by atoms with van der Waals surface area (Å²) in [5.41, 5.74) is 0.356. The molecule has 2 rings (SSSR count). The molecule has 0 saturated heterocycles. The third-order valence-corrected chi connectivity index (χ3v) is 4.60. The maximum atomic E-state index is 12.8. The second-order valence-electron chi connectivity index (χ2n) is 4.50. The molecule has 0 fully saturated rings. The number of carboxylic acids is 1. The monoisotopic (exact) mass is 312 g/mol. The van der Waals surface area contributed by atoms with Crippen LogP contribution in [-0.2, 0) is 10.0 Å². The number of sulfonamides is 1. The summed E-state index contributed by atoms with van der Waals surface area (Å²) >= 11 is 0. The Balaban J connectivity index is 2.45. The molecule has 0 spiro atoms. The molecule has 21 heavy (non-hydrogen) atoms. The number of anilines is 1. The maximum Gasteiger partial charge on any atom is 0.352 e. The molecule has 0 aliphatic carbocycles. The van der Waals surface area contributed by atoms with Crippen LogP contribution in [0.4, 0.5) is 10.1 Å². The number of carboxylic acid groups (broad SMARTS) is 1. The van der Waals surface area contributed by atoms with Crippen LogP contribution in [0.3, 0.4) is 0 Å². The largest absolute Gasteiger partial charge is 0.477 e. The third kappa shape index (κ3) is 2.89. The van der Waals surface area contributed by atoms with Gasteiger partial charge in [-0.1, -0.05) is 0 Å². The van der Waals surface area contributed by atoms with E-state index in [1.807, 2.05) is 0 Å². The molecule has 1 aromatic carbocycles. The highest BCUT2D eigenvalue weighted by Crippen LogP contribution is 2.25. The molecule has 112 valence electrons. The van der Waals surface area contributed by atoms with Crippen molar-refractivity contribution in [3.63, 3.8) is 0 Å². The van der Waals surface area contributed by atoms with Gasteiger partial charge in [-0.05, 0) is 38.1 Å². The van der Waals surface area contributed by atoms with Crippen LogP contribution < -0.4 is 4.72 Å². The zero-order chi connectivity index (χ0) is 15.8.